The van der Waals surface area contributed by atoms with Gasteiger partial charge in [-0.3, -0.25) is 28.9 Å². The van der Waals surface area contributed by atoms with Gasteiger partial charge in [0.1, 0.15) is 18.5 Å². The molecule has 11 nitrogen and oxygen atoms in total. The molecule has 2 aliphatic heterocycles. The van der Waals surface area contributed by atoms with Crippen LogP contribution >= 0.6 is 0 Å². The molecule has 0 spiro atoms. The summed E-state index contributed by atoms with van der Waals surface area (Å²) >= 11 is 0. The number of hydrogen-bond acceptors (Lipinski definition) is 11. The standard InChI is InChI=1S/C37H55NO10/c1-34(2,3)30(40)44-21-25-26(46-31(41)35(4,5)6)27(47-32(42)36(7,8)9)28(48-33(43)37(10,11)12)29(45-25)38-19-18-23(39)20-24(38)22-16-14-13-15-17-22/h13-17,24-29H,18-21H2,1-12H3/t24-,25+,26+,27+,28+,29+/m0/s1. The molecular weight excluding hydrogens is 618 g/mol. The summed E-state index contributed by atoms with van der Waals surface area (Å²) in [6.07, 6.45) is -5.83. The fourth-order valence-corrected chi connectivity index (χ4v) is 5.11. The lowest BCUT2D eigenvalue weighted by atomic mass is 9.89. The molecule has 2 heterocycles. The Morgan fingerprint density at radius 2 is 1.15 bits per heavy atom. The molecule has 48 heavy (non-hydrogen) atoms. The van der Waals surface area contributed by atoms with Crippen LogP contribution in [0.1, 0.15) is 108 Å². The van der Waals surface area contributed by atoms with Crippen molar-refractivity contribution < 1.29 is 47.7 Å². The maximum Gasteiger partial charge on any atom is 0.311 e. The van der Waals surface area contributed by atoms with Crippen LogP contribution in [0.4, 0.5) is 0 Å². The molecule has 2 saturated heterocycles. The number of carbonyl (C=O) groups is 5. The van der Waals surface area contributed by atoms with E-state index >= 15 is 0 Å². The van der Waals surface area contributed by atoms with E-state index in [2.05, 4.69) is 0 Å². The molecular formula is C37H55NO10. The Bertz CT molecular complexity index is 1330. The summed E-state index contributed by atoms with van der Waals surface area (Å²) in [4.78, 5) is 68.5. The van der Waals surface area contributed by atoms with E-state index < -0.39 is 82.2 Å². The summed E-state index contributed by atoms with van der Waals surface area (Å²) in [5.41, 5.74) is -2.92. The molecule has 0 aromatic heterocycles. The SMILES string of the molecule is CC(C)(C)C(=O)OC[C@H]1O[C@@H](N2CCC(=O)C[C@H]2c2ccccc2)[C@H](OC(=O)C(C)(C)C)[C@H](OC(=O)C(C)(C)C)[C@@H]1OC(=O)C(C)(C)C. The highest BCUT2D eigenvalue weighted by Gasteiger charge is 2.57. The maximum atomic E-state index is 13.6. The van der Waals surface area contributed by atoms with Crippen molar-refractivity contribution in [2.45, 2.75) is 133 Å². The second-order valence-corrected chi connectivity index (χ2v) is 16.9. The Labute approximate surface area is 285 Å². The summed E-state index contributed by atoms with van der Waals surface area (Å²) in [6, 6.07) is 8.95. The number of carbonyl (C=O) groups excluding carboxylic acids is 5. The first-order chi connectivity index (χ1) is 21.9. The highest BCUT2D eigenvalue weighted by atomic mass is 16.7. The molecule has 0 N–H and O–H groups in total. The molecule has 0 unspecified atom stereocenters. The Hall–Kier alpha value is -3.31. The van der Waals surface area contributed by atoms with Crippen LogP contribution in [-0.4, -0.2) is 78.4 Å². The van der Waals surface area contributed by atoms with E-state index in [1.54, 1.807) is 83.1 Å². The monoisotopic (exact) mass is 673 g/mol. The number of rotatable bonds is 7. The van der Waals surface area contributed by atoms with Crippen molar-refractivity contribution in [3.8, 4) is 0 Å². The van der Waals surface area contributed by atoms with Crippen molar-refractivity contribution >= 4 is 29.7 Å². The van der Waals surface area contributed by atoms with E-state index in [1.165, 1.54) is 0 Å². The summed E-state index contributed by atoms with van der Waals surface area (Å²) < 4.78 is 30.9. The van der Waals surface area contributed by atoms with Crippen LogP contribution in [-0.2, 0) is 47.7 Å². The minimum atomic E-state index is -1.36. The van der Waals surface area contributed by atoms with E-state index in [1.807, 2.05) is 35.2 Å². The number of ether oxygens (including phenoxy) is 5. The molecule has 11 heteroatoms. The predicted molar refractivity (Wildman–Crippen MR) is 177 cm³/mol. The minimum Gasteiger partial charge on any atom is -0.462 e. The van der Waals surface area contributed by atoms with Gasteiger partial charge in [-0.1, -0.05) is 30.3 Å². The fraction of sp³-hybridized carbons (Fsp3) is 0.703. The first-order valence-corrected chi connectivity index (χ1v) is 16.7. The smallest absolute Gasteiger partial charge is 0.311 e. The topological polar surface area (TPSA) is 135 Å². The van der Waals surface area contributed by atoms with Crippen LogP contribution in [0.15, 0.2) is 30.3 Å². The Morgan fingerprint density at radius 3 is 1.62 bits per heavy atom. The van der Waals surface area contributed by atoms with Crippen molar-refractivity contribution in [3.63, 3.8) is 0 Å². The molecule has 268 valence electrons. The van der Waals surface area contributed by atoms with Gasteiger partial charge in [0.25, 0.3) is 0 Å². The zero-order valence-corrected chi connectivity index (χ0v) is 30.7. The Morgan fingerprint density at radius 1 is 0.688 bits per heavy atom. The van der Waals surface area contributed by atoms with Gasteiger partial charge < -0.3 is 23.7 Å². The number of nitrogens with zero attached hydrogens (tertiary/aromatic N) is 1. The predicted octanol–water partition coefficient (Wildman–Crippen LogP) is 5.58. The van der Waals surface area contributed by atoms with Gasteiger partial charge in [-0.2, -0.15) is 0 Å². The second kappa shape index (κ2) is 14.7. The van der Waals surface area contributed by atoms with E-state index in [0.29, 0.717) is 0 Å². The van der Waals surface area contributed by atoms with Crippen LogP contribution in [0.2, 0.25) is 0 Å². The zero-order chi connectivity index (χ0) is 36.4. The number of ketones is 1. The normalized spacial score (nSPS) is 26.0. The first kappa shape index (κ1) is 39.1. The molecule has 0 amide bonds. The van der Waals surface area contributed by atoms with Crippen LogP contribution in [0, 0.1) is 21.7 Å². The number of Topliss-reactive ketones (excluding diaryl/α,β-unsaturated/α-hetero) is 1. The number of piperidine rings is 1. The minimum absolute atomic E-state index is 0.0579. The number of likely N-dealkylation sites (tertiary alicyclic amines) is 1. The maximum absolute atomic E-state index is 13.6. The molecule has 2 fully saturated rings. The van der Waals surface area contributed by atoms with E-state index in [-0.39, 0.29) is 31.8 Å². The van der Waals surface area contributed by atoms with Gasteiger partial charge >= 0.3 is 23.9 Å². The average molecular weight is 674 g/mol. The van der Waals surface area contributed by atoms with E-state index in [0.717, 1.165) is 5.56 Å². The second-order valence-electron chi connectivity index (χ2n) is 16.9. The quantitative estimate of drug-likeness (QED) is 0.265. The molecule has 1 aromatic rings. The number of benzene rings is 1. The van der Waals surface area contributed by atoms with Crippen molar-refractivity contribution in [1.82, 2.24) is 4.90 Å². The molecule has 0 saturated carbocycles. The average Bonchev–Trinajstić information content (AvgIpc) is 2.96. The molecule has 2 aliphatic rings. The summed E-state index contributed by atoms with van der Waals surface area (Å²) in [5.74, 6) is -2.30. The molecule has 0 bridgehead atoms. The third kappa shape index (κ3) is 9.87. The van der Waals surface area contributed by atoms with Crippen LogP contribution in [0.5, 0.6) is 0 Å². The van der Waals surface area contributed by atoms with Crippen molar-refractivity contribution in [1.29, 1.82) is 0 Å². The first-order valence-electron chi connectivity index (χ1n) is 16.7. The van der Waals surface area contributed by atoms with Crippen molar-refractivity contribution in [2.24, 2.45) is 21.7 Å². The molecule has 0 aliphatic carbocycles. The van der Waals surface area contributed by atoms with Crippen LogP contribution in [0.25, 0.3) is 0 Å². The zero-order valence-electron chi connectivity index (χ0n) is 30.7. The van der Waals surface area contributed by atoms with Gasteiger partial charge in [0.15, 0.2) is 24.5 Å². The van der Waals surface area contributed by atoms with Gasteiger partial charge in [-0.25, -0.2) is 0 Å². The van der Waals surface area contributed by atoms with E-state index in [4.69, 9.17) is 23.7 Å². The number of esters is 4. The van der Waals surface area contributed by atoms with Gasteiger partial charge in [-0.15, -0.1) is 0 Å². The largest absolute Gasteiger partial charge is 0.462 e. The highest BCUT2D eigenvalue weighted by molar-refractivity contribution is 5.80. The molecule has 3 rings (SSSR count). The highest BCUT2D eigenvalue weighted by Crippen LogP contribution is 2.40. The van der Waals surface area contributed by atoms with Gasteiger partial charge in [-0.05, 0) is 88.6 Å². The summed E-state index contributed by atoms with van der Waals surface area (Å²) in [7, 11) is 0. The Kier molecular flexibility index (Phi) is 12.0. The summed E-state index contributed by atoms with van der Waals surface area (Å²) in [5, 5.41) is 0. The Balaban J connectivity index is 2.25. The summed E-state index contributed by atoms with van der Waals surface area (Å²) in [6.45, 7) is 20.2. The fourth-order valence-electron chi connectivity index (χ4n) is 5.11. The van der Waals surface area contributed by atoms with Gasteiger partial charge in [0.05, 0.1) is 21.7 Å². The molecule has 6 atom stereocenters. The molecule has 1 aromatic carbocycles. The third-order valence-corrected chi connectivity index (χ3v) is 8.15. The van der Waals surface area contributed by atoms with Gasteiger partial charge in [0.2, 0.25) is 0 Å². The lowest BCUT2D eigenvalue weighted by Gasteiger charge is -2.51. The van der Waals surface area contributed by atoms with Crippen molar-refractivity contribution in [3.05, 3.63) is 35.9 Å². The molecule has 0 radical (unpaired) electrons. The van der Waals surface area contributed by atoms with E-state index in [9.17, 15) is 24.0 Å². The van der Waals surface area contributed by atoms with Crippen LogP contribution in [0.3, 0.4) is 0 Å². The van der Waals surface area contributed by atoms with Gasteiger partial charge in [0, 0.05) is 25.4 Å². The van der Waals surface area contributed by atoms with Crippen molar-refractivity contribution in [2.75, 3.05) is 13.2 Å². The lowest BCUT2D eigenvalue weighted by molar-refractivity contribution is -0.289. The lowest BCUT2D eigenvalue weighted by Crippen LogP contribution is -2.68. The van der Waals surface area contributed by atoms with Crippen LogP contribution < -0.4 is 0 Å². The third-order valence-electron chi connectivity index (χ3n) is 8.15. The number of hydrogen-bond donors (Lipinski definition) is 0.